The SMILES string of the molecule is CCOC(=O)N1CCN(C(=O)c2ccnc(N3CCCCC3CC)n2)CC1. The van der Waals surface area contributed by atoms with Gasteiger partial charge in [0.05, 0.1) is 6.61 Å². The van der Waals surface area contributed by atoms with E-state index in [0.29, 0.717) is 50.5 Å². The van der Waals surface area contributed by atoms with Crippen LogP contribution >= 0.6 is 0 Å². The van der Waals surface area contributed by atoms with E-state index in [9.17, 15) is 9.59 Å². The molecule has 3 rings (SSSR count). The molecule has 3 heterocycles. The number of aromatic nitrogens is 2. The van der Waals surface area contributed by atoms with Crippen molar-refractivity contribution in [3.8, 4) is 0 Å². The molecule has 0 saturated carbocycles. The van der Waals surface area contributed by atoms with Crippen LogP contribution in [0.2, 0.25) is 0 Å². The highest BCUT2D eigenvalue weighted by molar-refractivity contribution is 5.92. The minimum absolute atomic E-state index is 0.104. The summed E-state index contributed by atoms with van der Waals surface area (Å²) in [6, 6.07) is 2.12. The molecule has 1 aromatic rings. The average molecular weight is 375 g/mol. The highest BCUT2D eigenvalue weighted by Gasteiger charge is 2.28. The van der Waals surface area contributed by atoms with Crippen LogP contribution in [-0.2, 0) is 4.74 Å². The van der Waals surface area contributed by atoms with E-state index in [1.165, 1.54) is 6.42 Å². The van der Waals surface area contributed by atoms with E-state index < -0.39 is 0 Å². The third-order valence-corrected chi connectivity index (χ3v) is 5.31. The van der Waals surface area contributed by atoms with E-state index in [1.54, 1.807) is 29.0 Å². The van der Waals surface area contributed by atoms with Gasteiger partial charge >= 0.3 is 6.09 Å². The van der Waals surface area contributed by atoms with Crippen LogP contribution < -0.4 is 4.90 Å². The van der Waals surface area contributed by atoms with Crippen LogP contribution in [0, 0.1) is 0 Å². The van der Waals surface area contributed by atoms with Gasteiger partial charge in [0, 0.05) is 45.0 Å². The van der Waals surface area contributed by atoms with E-state index in [-0.39, 0.29) is 12.0 Å². The Balaban J connectivity index is 1.65. The fourth-order valence-corrected chi connectivity index (χ4v) is 3.76. The molecule has 2 amide bonds. The number of carbonyl (C=O) groups excluding carboxylic acids is 2. The van der Waals surface area contributed by atoms with Crippen molar-refractivity contribution in [2.24, 2.45) is 0 Å². The Hall–Kier alpha value is -2.38. The maximum Gasteiger partial charge on any atom is 0.409 e. The molecule has 1 atom stereocenters. The van der Waals surface area contributed by atoms with Gasteiger partial charge in [0.25, 0.3) is 5.91 Å². The number of hydrogen-bond donors (Lipinski definition) is 0. The Labute approximate surface area is 160 Å². The lowest BCUT2D eigenvalue weighted by Crippen LogP contribution is -2.51. The standard InChI is InChI=1S/C19H29N5O3/c1-3-15-7-5-6-10-24(15)18-20-9-8-16(21-18)17(25)22-11-13-23(14-12-22)19(26)27-4-2/h8-9,15H,3-7,10-14H2,1-2H3. The fourth-order valence-electron chi connectivity index (χ4n) is 3.76. The van der Waals surface area contributed by atoms with Crippen LogP contribution in [-0.4, -0.2) is 77.1 Å². The average Bonchev–Trinajstić information content (AvgIpc) is 2.73. The summed E-state index contributed by atoms with van der Waals surface area (Å²) in [4.78, 5) is 39.3. The maximum absolute atomic E-state index is 12.9. The summed E-state index contributed by atoms with van der Waals surface area (Å²) in [6.45, 7) is 7.19. The molecule has 148 valence electrons. The Kier molecular flexibility index (Phi) is 6.47. The van der Waals surface area contributed by atoms with Gasteiger partial charge in [-0.25, -0.2) is 14.8 Å². The molecule has 0 aliphatic carbocycles. The number of rotatable bonds is 4. The Morgan fingerprint density at radius 3 is 2.56 bits per heavy atom. The Bertz CT molecular complexity index is 661. The summed E-state index contributed by atoms with van der Waals surface area (Å²) in [6.07, 6.45) is 5.92. The van der Waals surface area contributed by atoms with Gasteiger partial charge in [-0.05, 0) is 38.7 Å². The summed E-state index contributed by atoms with van der Waals surface area (Å²) < 4.78 is 5.02. The number of amides is 2. The van der Waals surface area contributed by atoms with E-state index in [0.717, 1.165) is 25.8 Å². The number of hydrogen-bond acceptors (Lipinski definition) is 6. The molecule has 0 bridgehead atoms. The minimum atomic E-state index is -0.315. The minimum Gasteiger partial charge on any atom is -0.450 e. The van der Waals surface area contributed by atoms with E-state index in [2.05, 4.69) is 21.8 Å². The predicted octanol–water partition coefficient (Wildman–Crippen LogP) is 2.16. The number of piperazine rings is 1. The highest BCUT2D eigenvalue weighted by Crippen LogP contribution is 2.23. The second-order valence-corrected chi connectivity index (χ2v) is 6.97. The molecule has 2 fully saturated rings. The first-order chi connectivity index (χ1) is 13.1. The molecule has 0 spiro atoms. The summed E-state index contributed by atoms with van der Waals surface area (Å²) in [5.74, 6) is 0.546. The van der Waals surface area contributed by atoms with E-state index >= 15 is 0 Å². The lowest BCUT2D eigenvalue weighted by molar-refractivity contribution is 0.0566. The number of anilines is 1. The molecular weight excluding hydrogens is 346 g/mol. The maximum atomic E-state index is 12.9. The van der Waals surface area contributed by atoms with Crippen LogP contribution in [0.5, 0.6) is 0 Å². The van der Waals surface area contributed by atoms with Gasteiger partial charge in [0.15, 0.2) is 0 Å². The second kappa shape index (κ2) is 9.01. The molecule has 0 radical (unpaired) electrons. The predicted molar refractivity (Wildman–Crippen MR) is 102 cm³/mol. The first kappa shape index (κ1) is 19.4. The topological polar surface area (TPSA) is 78.9 Å². The molecule has 2 aliphatic heterocycles. The van der Waals surface area contributed by atoms with E-state index in [1.807, 2.05) is 0 Å². The molecule has 27 heavy (non-hydrogen) atoms. The summed E-state index contributed by atoms with van der Waals surface area (Å²) in [7, 11) is 0. The zero-order valence-electron chi connectivity index (χ0n) is 16.3. The Morgan fingerprint density at radius 1 is 1.11 bits per heavy atom. The molecule has 1 aromatic heterocycles. The molecule has 0 N–H and O–H groups in total. The van der Waals surface area contributed by atoms with Gasteiger partial charge in [-0.1, -0.05) is 6.92 Å². The van der Waals surface area contributed by atoms with Crippen molar-refractivity contribution in [3.05, 3.63) is 18.0 Å². The summed E-state index contributed by atoms with van der Waals surface area (Å²) in [5, 5.41) is 0. The van der Waals surface area contributed by atoms with Crippen LogP contribution in [0.4, 0.5) is 10.7 Å². The molecule has 8 nitrogen and oxygen atoms in total. The van der Waals surface area contributed by atoms with Crippen molar-refractivity contribution in [2.45, 2.75) is 45.6 Å². The van der Waals surface area contributed by atoms with Gasteiger partial charge in [0.2, 0.25) is 5.95 Å². The number of carbonyl (C=O) groups is 2. The smallest absolute Gasteiger partial charge is 0.409 e. The van der Waals surface area contributed by atoms with Crippen molar-refractivity contribution in [1.82, 2.24) is 19.8 Å². The third kappa shape index (κ3) is 4.48. The van der Waals surface area contributed by atoms with Crippen molar-refractivity contribution in [3.63, 3.8) is 0 Å². The molecule has 2 saturated heterocycles. The number of piperidine rings is 1. The number of nitrogens with zero attached hydrogens (tertiary/aromatic N) is 5. The molecule has 8 heteroatoms. The van der Waals surface area contributed by atoms with Crippen LogP contribution in [0.15, 0.2) is 12.3 Å². The quantitative estimate of drug-likeness (QED) is 0.802. The summed E-state index contributed by atoms with van der Waals surface area (Å²) in [5.41, 5.74) is 0.421. The lowest BCUT2D eigenvalue weighted by atomic mass is 10.0. The van der Waals surface area contributed by atoms with Gasteiger partial charge in [-0.3, -0.25) is 4.79 Å². The van der Waals surface area contributed by atoms with Crippen molar-refractivity contribution in [2.75, 3.05) is 44.2 Å². The number of ether oxygens (including phenoxy) is 1. The second-order valence-electron chi connectivity index (χ2n) is 6.97. The van der Waals surface area contributed by atoms with Crippen LogP contribution in [0.1, 0.15) is 50.0 Å². The van der Waals surface area contributed by atoms with E-state index in [4.69, 9.17) is 4.74 Å². The van der Waals surface area contributed by atoms with Crippen LogP contribution in [0.25, 0.3) is 0 Å². The zero-order chi connectivity index (χ0) is 19.2. The lowest BCUT2D eigenvalue weighted by Gasteiger charge is -2.36. The van der Waals surface area contributed by atoms with Gasteiger partial charge < -0.3 is 19.4 Å². The normalized spacial score (nSPS) is 20.5. The zero-order valence-corrected chi connectivity index (χ0v) is 16.3. The summed E-state index contributed by atoms with van der Waals surface area (Å²) >= 11 is 0. The highest BCUT2D eigenvalue weighted by atomic mass is 16.6. The first-order valence-electron chi connectivity index (χ1n) is 9.94. The Morgan fingerprint density at radius 2 is 1.85 bits per heavy atom. The van der Waals surface area contributed by atoms with Gasteiger partial charge in [0.1, 0.15) is 5.69 Å². The molecule has 2 aliphatic rings. The monoisotopic (exact) mass is 375 g/mol. The van der Waals surface area contributed by atoms with Crippen LogP contribution in [0.3, 0.4) is 0 Å². The first-order valence-corrected chi connectivity index (χ1v) is 9.94. The van der Waals surface area contributed by atoms with Gasteiger partial charge in [-0.2, -0.15) is 0 Å². The molecule has 1 unspecified atom stereocenters. The molecule has 0 aromatic carbocycles. The van der Waals surface area contributed by atoms with Crippen molar-refractivity contribution < 1.29 is 14.3 Å². The fraction of sp³-hybridized carbons (Fsp3) is 0.684. The van der Waals surface area contributed by atoms with Gasteiger partial charge in [-0.15, -0.1) is 0 Å². The molecular formula is C19H29N5O3. The largest absolute Gasteiger partial charge is 0.450 e. The van der Waals surface area contributed by atoms with Crippen molar-refractivity contribution >= 4 is 17.9 Å². The van der Waals surface area contributed by atoms with Crippen molar-refractivity contribution in [1.29, 1.82) is 0 Å². The third-order valence-electron chi connectivity index (χ3n) is 5.31.